The molecule has 3 nitrogen and oxygen atoms in total. The molecule has 0 amide bonds. The molecule has 1 atom stereocenters. The lowest BCUT2D eigenvalue weighted by molar-refractivity contribution is -0.146. The van der Waals surface area contributed by atoms with Crippen LogP contribution in [0.5, 0.6) is 0 Å². The zero-order valence-corrected chi connectivity index (χ0v) is 11.4. The molecule has 0 bridgehead atoms. The number of allylic oxidation sites excluding steroid dienone is 1. The molecule has 0 saturated carbocycles. The van der Waals surface area contributed by atoms with Crippen molar-refractivity contribution in [2.45, 2.75) is 19.8 Å². The summed E-state index contributed by atoms with van der Waals surface area (Å²) in [5, 5.41) is 0.624. The SMILES string of the molecule is CCOC(=O)C1CCC(=O)C=C1c1ccc(Cl)cc1. The summed E-state index contributed by atoms with van der Waals surface area (Å²) >= 11 is 5.85. The second kappa shape index (κ2) is 6.02. The van der Waals surface area contributed by atoms with E-state index in [1.807, 2.05) is 12.1 Å². The fourth-order valence-corrected chi connectivity index (χ4v) is 2.33. The monoisotopic (exact) mass is 278 g/mol. The Morgan fingerprint density at radius 2 is 2.05 bits per heavy atom. The number of rotatable bonds is 3. The molecule has 0 fully saturated rings. The normalized spacial score (nSPS) is 18.9. The Kier molecular flexibility index (Phi) is 4.38. The molecular formula is C15H15ClO3. The third-order valence-corrected chi connectivity index (χ3v) is 3.37. The van der Waals surface area contributed by atoms with E-state index >= 15 is 0 Å². The predicted molar refractivity (Wildman–Crippen MR) is 73.8 cm³/mol. The van der Waals surface area contributed by atoms with Crippen molar-refractivity contribution in [2.24, 2.45) is 5.92 Å². The fourth-order valence-electron chi connectivity index (χ4n) is 2.20. The molecule has 0 radical (unpaired) electrons. The minimum Gasteiger partial charge on any atom is -0.466 e. The van der Waals surface area contributed by atoms with Crippen LogP contribution in [0.4, 0.5) is 0 Å². The van der Waals surface area contributed by atoms with Gasteiger partial charge in [0.05, 0.1) is 12.5 Å². The van der Waals surface area contributed by atoms with Crippen molar-refractivity contribution in [3.8, 4) is 0 Å². The van der Waals surface area contributed by atoms with Gasteiger partial charge >= 0.3 is 5.97 Å². The first-order valence-corrected chi connectivity index (χ1v) is 6.66. The van der Waals surface area contributed by atoms with Gasteiger partial charge in [0.1, 0.15) is 0 Å². The van der Waals surface area contributed by atoms with E-state index in [9.17, 15) is 9.59 Å². The first-order valence-electron chi connectivity index (χ1n) is 6.29. The maximum Gasteiger partial charge on any atom is 0.313 e. The van der Waals surface area contributed by atoms with Crippen molar-refractivity contribution < 1.29 is 14.3 Å². The summed E-state index contributed by atoms with van der Waals surface area (Å²) in [6.45, 7) is 2.12. The van der Waals surface area contributed by atoms with Gasteiger partial charge < -0.3 is 4.74 Å². The number of hydrogen-bond acceptors (Lipinski definition) is 3. The van der Waals surface area contributed by atoms with E-state index in [2.05, 4.69) is 0 Å². The second-order valence-corrected chi connectivity index (χ2v) is 4.85. The van der Waals surface area contributed by atoms with Crippen molar-refractivity contribution in [1.29, 1.82) is 0 Å². The van der Waals surface area contributed by atoms with Crippen LogP contribution in [0.15, 0.2) is 30.3 Å². The van der Waals surface area contributed by atoms with Crippen LogP contribution in [-0.4, -0.2) is 18.4 Å². The summed E-state index contributed by atoms with van der Waals surface area (Å²) in [6, 6.07) is 7.13. The molecule has 0 heterocycles. The lowest BCUT2D eigenvalue weighted by atomic mass is 9.83. The topological polar surface area (TPSA) is 43.4 Å². The maximum atomic E-state index is 12.0. The molecule has 2 rings (SSSR count). The summed E-state index contributed by atoms with van der Waals surface area (Å²) in [7, 11) is 0. The van der Waals surface area contributed by atoms with Crippen LogP contribution in [0.3, 0.4) is 0 Å². The molecule has 1 aromatic carbocycles. The highest BCUT2D eigenvalue weighted by Gasteiger charge is 2.29. The minimum atomic E-state index is -0.362. The number of benzene rings is 1. The summed E-state index contributed by atoms with van der Waals surface area (Å²) in [5.74, 6) is -0.583. The second-order valence-electron chi connectivity index (χ2n) is 4.42. The van der Waals surface area contributed by atoms with Crippen LogP contribution < -0.4 is 0 Å². The van der Waals surface area contributed by atoms with Crippen molar-refractivity contribution >= 4 is 28.9 Å². The van der Waals surface area contributed by atoms with E-state index in [4.69, 9.17) is 16.3 Å². The summed E-state index contributed by atoms with van der Waals surface area (Å²) in [5.41, 5.74) is 1.57. The van der Waals surface area contributed by atoms with Crippen LogP contribution in [-0.2, 0) is 14.3 Å². The largest absolute Gasteiger partial charge is 0.466 e. The van der Waals surface area contributed by atoms with Gasteiger partial charge in [-0.1, -0.05) is 23.7 Å². The van der Waals surface area contributed by atoms with Gasteiger partial charge in [-0.3, -0.25) is 9.59 Å². The van der Waals surface area contributed by atoms with Gasteiger partial charge in [0.15, 0.2) is 5.78 Å². The molecule has 1 aliphatic carbocycles. The molecule has 0 aliphatic heterocycles. The van der Waals surface area contributed by atoms with Gasteiger partial charge in [0.2, 0.25) is 0 Å². The Balaban J connectivity index is 2.34. The van der Waals surface area contributed by atoms with Crippen LogP contribution in [0.25, 0.3) is 5.57 Å². The van der Waals surface area contributed by atoms with Gasteiger partial charge in [0.25, 0.3) is 0 Å². The van der Waals surface area contributed by atoms with E-state index in [0.717, 1.165) is 11.1 Å². The van der Waals surface area contributed by atoms with E-state index in [1.165, 1.54) is 0 Å². The number of ketones is 1. The zero-order chi connectivity index (χ0) is 13.8. The Morgan fingerprint density at radius 1 is 1.37 bits per heavy atom. The summed E-state index contributed by atoms with van der Waals surface area (Å²) in [6.07, 6.45) is 2.45. The quantitative estimate of drug-likeness (QED) is 0.797. The molecule has 0 aromatic heterocycles. The van der Waals surface area contributed by atoms with Crippen LogP contribution in [0.1, 0.15) is 25.3 Å². The molecule has 0 N–H and O–H groups in total. The molecule has 0 saturated heterocycles. The number of carbonyl (C=O) groups is 2. The smallest absolute Gasteiger partial charge is 0.313 e. The number of halogens is 1. The minimum absolute atomic E-state index is 0.0468. The first kappa shape index (κ1) is 13.8. The van der Waals surface area contributed by atoms with Gasteiger partial charge in [0, 0.05) is 11.4 Å². The third-order valence-electron chi connectivity index (χ3n) is 3.12. The van der Waals surface area contributed by atoms with Crippen LogP contribution >= 0.6 is 11.6 Å². The van der Waals surface area contributed by atoms with Crippen molar-refractivity contribution in [2.75, 3.05) is 6.61 Å². The number of ether oxygens (including phenoxy) is 1. The molecule has 4 heteroatoms. The van der Waals surface area contributed by atoms with Crippen molar-refractivity contribution in [1.82, 2.24) is 0 Å². The number of hydrogen-bond donors (Lipinski definition) is 0. The molecule has 0 spiro atoms. The molecule has 1 unspecified atom stereocenters. The highest BCUT2D eigenvalue weighted by Crippen LogP contribution is 2.32. The van der Waals surface area contributed by atoms with E-state index in [1.54, 1.807) is 25.1 Å². The van der Waals surface area contributed by atoms with E-state index in [-0.39, 0.29) is 17.7 Å². The van der Waals surface area contributed by atoms with Crippen LogP contribution in [0.2, 0.25) is 5.02 Å². The van der Waals surface area contributed by atoms with Gasteiger partial charge in [-0.15, -0.1) is 0 Å². The van der Waals surface area contributed by atoms with E-state index in [0.29, 0.717) is 24.5 Å². The predicted octanol–water partition coefficient (Wildman–Crippen LogP) is 3.27. The molecule has 100 valence electrons. The average molecular weight is 279 g/mol. The molecular weight excluding hydrogens is 264 g/mol. The highest BCUT2D eigenvalue weighted by molar-refractivity contribution is 6.30. The lowest BCUT2D eigenvalue weighted by Gasteiger charge is -2.22. The van der Waals surface area contributed by atoms with Gasteiger partial charge in [-0.25, -0.2) is 0 Å². The van der Waals surface area contributed by atoms with Gasteiger partial charge in [-0.2, -0.15) is 0 Å². The Bertz CT molecular complexity index is 517. The maximum absolute atomic E-state index is 12.0. The summed E-state index contributed by atoms with van der Waals surface area (Å²) in [4.78, 5) is 23.5. The van der Waals surface area contributed by atoms with Gasteiger partial charge in [-0.05, 0) is 42.7 Å². The van der Waals surface area contributed by atoms with Crippen molar-refractivity contribution in [3.05, 3.63) is 40.9 Å². The molecule has 1 aromatic rings. The van der Waals surface area contributed by atoms with Crippen LogP contribution in [0, 0.1) is 5.92 Å². The average Bonchev–Trinajstić information content (AvgIpc) is 2.39. The standard InChI is InChI=1S/C15H15ClO3/c1-2-19-15(18)13-8-7-12(17)9-14(13)10-3-5-11(16)6-4-10/h3-6,9,13H,2,7-8H2,1H3. The Morgan fingerprint density at radius 3 is 2.68 bits per heavy atom. The summed E-state index contributed by atoms with van der Waals surface area (Å²) < 4.78 is 5.07. The fraction of sp³-hybridized carbons (Fsp3) is 0.333. The lowest BCUT2D eigenvalue weighted by Crippen LogP contribution is -2.23. The zero-order valence-electron chi connectivity index (χ0n) is 10.7. The number of carbonyl (C=O) groups excluding carboxylic acids is 2. The third kappa shape index (κ3) is 3.24. The Hall–Kier alpha value is -1.61. The number of esters is 1. The Labute approximate surface area is 117 Å². The first-order chi connectivity index (χ1) is 9.11. The molecule has 19 heavy (non-hydrogen) atoms. The van der Waals surface area contributed by atoms with Crippen molar-refractivity contribution in [3.63, 3.8) is 0 Å². The van der Waals surface area contributed by atoms with E-state index < -0.39 is 0 Å². The molecule has 1 aliphatic rings. The highest BCUT2D eigenvalue weighted by atomic mass is 35.5.